The van der Waals surface area contributed by atoms with Crippen LogP contribution in [0.3, 0.4) is 0 Å². The van der Waals surface area contributed by atoms with Crippen molar-refractivity contribution in [2.75, 3.05) is 26.0 Å². The highest BCUT2D eigenvalue weighted by atomic mass is 35.5. The van der Waals surface area contributed by atoms with Crippen molar-refractivity contribution < 1.29 is 24.2 Å². The Hall–Kier alpha value is -1.93. The normalized spacial score (nSPS) is 11.7. The number of rotatable bonds is 12. The van der Waals surface area contributed by atoms with Crippen molar-refractivity contribution in [3.63, 3.8) is 0 Å². The van der Waals surface area contributed by atoms with E-state index in [1.807, 2.05) is 0 Å². The molecule has 2 aromatic carbocycles. The number of carbonyl (C=O) groups excluding carboxylic acids is 1. The van der Waals surface area contributed by atoms with Gasteiger partial charge in [0.05, 0.1) is 0 Å². The van der Waals surface area contributed by atoms with Crippen LogP contribution in [0.1, 0.15) is 11.1 Å². The molecule has 0 heterocycles. The molecule has 0 aliphatic heterocycles. The summed E-state index contributed by atoms with van der Waals surface area (Å²) in [5, 5.41) is 13.1. The number of hydrogen-bond acceptors (Lipinski definition) is 5. The van der Waals surface area contributed by atoms with Gasteiger partial charge in [-0.15, -0.1) is 0 Å². The standard InChI is InChI=1S/C21H23Cl2NO5S/c1-28-19(21(26)27)11-14-5-7-15(8-6-14)29-12-20(25)24-9-10-30-13-16-17(22)3-2-4-18(16)23/h2-8,19H,9-13H2,1H3,(H,24,25)(H,26,27). The monoisotopic (exact) mass is 471 g/mol. The summed E-state index contributed by atoms with van der Waals surface area (Å²) in [5.74, 6) is 0.680. The molecule has 1 amide bonds. The second-order valence-corrected chi connectivity index (χ2v) is 8.22. The van der Waals surface area contributed by atoms with Gasteiger partial charge in [-0.2, -0.15) is 11.8 Å². The number of hydrogen-bond donors (Lipinski definition) is 2. The molecule has 0 saturated heterocycles. The summed E-state index contributed by atoms with van der Waals surface area (Å²) in [6.45, 7) is 0.400. The van der Waals surface area contributed by atoms with Gasteiger partial charge in [0.1, 0.15) is 5.75 Å². The lowest BCUT2D eigenvalue weighted by atomic mass is 10.1. The van der Waals surface area contributed by atoms with Crippen LogP contribution >= 0.6 is 35.0 Å². The van der Waals surface area contributed by atoms with E-state index in [1.165, 1.54) is 7.11 Å². The van der Waals surface area contributed by atoms with Crippen molar-refractivity contribution in [2.24, 2.45) is 0 Å². The molecule has 162 valence electrons. The molecule has 30 heavy (non-hydrogen) atoms. The van der Waals surface area contributed by atoms with E-state index in [2.05, 4.69) is 5.32 Å². The molecule has 6 nitrogen and oxygen atoms in total. The molecule has 0 bridgehead atoms. The SMILES string of the molecule is COC(Cc1ccc(OCC(=O)NCCSCc2c(Cl)cccc2Cl)cc1)C(=O)O. The number of thioether (sulfide) groups is 1. The lowest BCUT2D eigenvalue weighted by Gasteiger charge is -2.11. The van der Waals surface area contributed by atoms with Crippen LogP contribution in [0.2, 0.25) is 10.0 Å². The average molecular weight is 472 g/mol. The largest absolute Gasteiger partial charge is 0.484 e. The van der Waals surface area contributed by atoms with Crippen LogP contribution in [-0.4, -0.2) is 49.1 Å². The van der Waals surface area contributed by atoms with E-state index in [4.69, 9.17) is 37.8 Å². The number of carboxylic acid groups (broad SMARTS) is 1. The number of nitrogens with one attached hydrogen (secondary N) is 1. The first-order valence-corrected chi connectivity index (χ1v) is 11.1. The van der Waals surface area contributed by atoms with Gasteiger partial charge in [0.15, 0.2) is 12.7 Å². The summed E-state index contributed by atoms with van der Waals surface area (Å²) in [5.41, 5.74) is 1.70. The number of ether oxygens (including phenoxy) is 2. The van der Waals surface area contributed by atoms with Crippen LogP contribution in [0.4, 0.5) is 0 Å². The molecule has 0 aliphatic rings. The Labute approximate surface area is 189 Å². The zero-order valence-electron chi connectivity index (χ0n) is 16.4. The Morgan fingerprint density at radius 2 is 1.80 bits per heavy atom. The molecule has 2 aromatic rings. The summed E-state index contributed by atoms with van der Waals surface area (Å²) < 4.78 is 10.4. The molecule has 0 aromatic heterocycles. The van der Waals surface area contributed by atoms with Crippen LogP contribution in [0.25, 0.3) is 0 Å². The van der Waals surface area contributed by atoms with E-state index in [0.29, 0.717) is 33.8 Å². The molecule has 9 heteroatoms. The number of carbonyl (C=O) groups is 2. The fourth-order valence-corrected chi connectivity index (χ4v) is 4.11. The number of halogens is 2. The van der Waals surface area contributed by atoms with Crippen molar-refractivity contribution in [3.8, 4) is 5.75 Å². The zero-order chi connectivity index (χ0) is 21.9. The molecule has 0 radical (unpaired) electrons. The smallest absolute Gasteiger partial charge is 0.333 e. The Morgan fingerprint density at radius 3 is 2.40 bits per heavy atom. The minimum absolute atomic E-state index is 0.101. The third-order valence-corrected chi connectivity index (χ3v) is 5.84. The fourth-order valence-electron chi connectivity index (χ4n) is 2.51. The number of benzene rings is 2. The molecular weight excluding hydrogens is 449 g/mol. The van der Waals surface area contributed by atoms with Crippen molar-refractivity contribution >= 4 is 46.8 Å². The molecule has 1 atom stereocenters. The van der Waals surface area contributed by atoms with Crippen molar-refractivity contribution in [3.05, 3.63) is 63.6 Å². The van der Waals surface area contributed by atoms with Gasteiger partial charge in [-0.1, -0.05) is 41.4 Å². The van der Waals surface area contributed by atoms with Crippen molar-refractivity contribution in [1.29, 1.82) is 0 Å². The van der Waals surface area contributed by atoms with E-state index >= 15 is 0 Å². The average Bonchev–Trinajstić information content (AvgIpc) is 2.72. The number of methoxy groups -OCH3 is 1. The Morgan fingerprint density at radius 1 is 1.13 bits per heavy atom. The Kier molecular flexibility index (Phi) is 10.3. The molecule has 0 fully saturated rings. The van der Waals surface area contributed by atoms with E-state index in [9.17, 15) is 9.59 Å². The molecule has 0 aliphatic carbocycles. The highest BCUT2D eigenvalue weighted by Gasteiger charge is 2.16. The van der Waals surface area contributed by atoms with Gasteiger partial charge >= 0.3 is 5.97 Å². The first kappa shape index (κ1) is 24.3. The van der Waals surface area contributed by atoms with Crippen LogP contribution < -0.4 is 10.1 Å². The van der Waals surface area contributed by atoms with Gasteiger partial charge in [-0.25, -0.2) is 4.79 Å². The van der Waals surface area contributed by atoms with E-state index in [0.717, 1.165) is 11.1 Å². The van der Waals surface area contributed by atoms with E-state index < -0.39 is 12.1 Å². The Balaban J connectivity index is 1.65. The predicted molar refractivity (Wildman–Crippen MR) is 120 cm³/mol. The maximum atomic E-state index is 11.9. The third kappa shape index (κ3) is 8.07. The predicted octanol–water partition coefficient (Wildman–Crippen LogP) is 4.06. The second kappa shape index (κ2) is 12.7. The van der Waals surface area contributed by atoms with E-state index in [1.54, 1.807) is 54.2 Å². The summed E-state index contributed by atoms with van der Waals surface area (Å²) in [6, 6.07) is 12.3. The van der Waals surface area contributed by atoms with Crippen molar-refractivity contribution in [2.45, 2.75) is 18.3 Å². The zero-order valence-corrected chi connectivity index (χ0v) is 18.7. The van der Waals surface area contributed by atoms with Gasteiger partial charge in [0.25, 0.3) is 5.91 Å². The lowest BCUT2D eigenvalue weighted by molar-refractivity contribution is -0.148. The highest BCUT2D eigenvalue weighted by Crippen LogP contribution is 2.27. The van der Waals surface area contributed by atoms with Crippen LogP contribution in [-0.2, 0) is 26.5 Å². The second-order valence-electron chi connectivity index (χ2n) is 6.30. The first-order chi connectivity index (χ1) is 14.4. The van der Waals surface area contributed by atoms with Crippen LogP contribution in [0, 0.1) is 0 Å². The highest BCUT2D eigenvalue weighted by molar-refractivity contribution is 7.98. The van der Waals surface area contributed by atoms with Crippen molar-refractivity contribution in [1.82, 2.24) is 5.32 Å². The fraction of sp³-hybridized carbons (Fsp3) is 0.333. The first-order valence-electron chi connectivity index (χ1n) is 9.15. The lowest BCUT2D eigenvalue weighted by Crippen LogP contribution is -2.30. The maximum absolute atomic E-state index is 11.9. The molecule has 0 spiro atoms. The van der Waals surface area contributed by atoms with Gasteiger partial charge < -0.3 is 19.9 Å². The minimum atomic E-state index is -1.01. The van der Waals surface area contributed by atoms with Gasteiger partial charge in [-0.05, 0) is 35.4 Å². The quantitative estimate of drug-likeness (QED) is 0.454. The van der Waals surface area contributed by atoms with Crippen LogP contribution in [0.5, 0.6) is 5.75 Å². The van der Waals surface area contributed by atoms with Gasteiger partial charge in [0, 0.05) is 41.6 Å². The number of amides is 1. The minimum Gasteiger partial charge on any atom is -0.484 e. The van der Waals surface area contributed by atoms with Gasteiger partial charge in [0.2, 0.25) is 0 Å². The maximum Gasteiger partial charge on any atom is 0.333 e. The molecule has 1 unspecified atom stereocenters. The van der Waals surface area contributed by atoms with Gasteiger partial charge in [-0.3, -0.25) is 4.79 Å². The summed E-state index contributed by atoms with van der Waals surface area (Å²) in [4.78, 5) is 22.9. The molecule has 2 N–H and O–H groups in total. The number of aliphatic carboxylic acids is 1. The molecule has 0 saturated carbocycles. The summed E-state index contributed by atoms with van der Waals surface area (Å²) >= 11 is 13.9. The van der Waals surface area contributed by atoms with Crippen LogP contribution in [0.15, 0.2) is 42.5 Å². The van der Waals surface area contributed by atoms with E-state index in [-0.39, 0.29) is 18.9 Å². The molecular formula is C21H23Cl2NO5S. The Bertz CT molecular complexity index is 828. The summed E-state index contributed by atoms with van der Waals surface area (Å²) in [7, 11) is 1.36. The molecule has 2 rings (SSSR count). The third-order valence-electron chi connectivity index (χ3n) is 4.15. The summed E-state index contributed by atoms with van der Waals surface area (Å²) in [6.07, 6.45) is -0.640. The number of carboxylic acids is 1. The topological polar surface area (TPSA) is 84.9 Å².